The number of ether oxygens (including phenoxy) is 1. The maximum Gasteiger partial charge on any atom is 0.261 e. The van der Waals surface area contributed by atoms with Crippen molar-refractivity contribution in [3.63, 3.8) is 0 Å². The van der Waals surface area contributed by atoms with Gasteiger partial charge >= 0.3 is 0 Å². The van der Waals surface area contributed by atoms with Crippen LogP contribution in [0.4, 0.5) is 0 Å². The Morgan fingerprint density at radius 1 is 1.05 bits per heavy atom. The molecule has 2 nitrogen and oxygen atoms in total. The summed E-state index contributed by atoms with van der Waals surface area (Å²) in [6, 6.07) is 3.91. The highest BCUT2D eigenvalue weighted by Gasteiger charge is 2.37. The first-order valence-corrected chi connectivity index (χ1v) is 11.2. The second-order valence-electron chi connectivity index (χ2n) is 6.28. The molecule has 118 valence electrons. The molecule has 1 rings (SSSR count). The number of unbranched alkanes of at least 4 members (excludes halogenated alkanes) is 3. The van der Waals surface area contributed by atoms with Crippen molar-refractivity contribution >= 4 is 8.32 Å². The lowest BCUT2D eigenvalue weighted by Gasteiger charge is -2.32. The van der Waals surface area contributed by atoms with Gasteiger partial charge < -0.3 is 9.16 Å². The van der Waals surface area contributed by atoms with Crippen LogP contribution in [0.1, 0.15) is 72.6 Å². The Bertz CT molecular complexity index is 267. The van der Waals surface area contributed by atoms with Crippen molar-refractivity contribution in [1.82, 2.24) is 0 Å². The van der Waals surface area contributed by atoms with E-state index in [9.17, 15) is 0 Å². The fourth-order valence-corrected chi connectivity index (χ4v) is 7.47. The Morgan fingerprint density at radius 3 is 1.90 bits per heavy atom. The minimum absolute atomic E-state index is 0.306. The maximum absolute atomic E-state index is 6.55. The number of hydrogen-bond acceptors (Lipinski definition) is 2. The molecule has 20 heavy (non-hydrogen) atoms. The van der Waals surface area contributed by atoms with Crippen LogP contribution in [0.2, 0.25) is 18.1 Å². The van der Waals surface area contributed by atoms with E-state index in [1.54, 1.807) is 0 Å². The van der Waals surface area contributed by atoms with Gasteiger partial charge in [-0.2, -0.15) is 0 Å². The van der Waals surface area contributed by atoms with E-state index in [0.29, 0.717) is 6.10 Å². The molecule has 1 aliphatic heterocycles. The Hall–Kier alpha value is -0.443. The average molecular weight is 299 g/mol. The van der Waals surface area contributed by atoms with Gasteiger partial charge in [0.1, 0.15) is 6.10 Å². The average Bonchev–Trinajstić information content (AvgIpc) is 2.85. The van der Waals surface area contributed by atoms with E-state index in [1.165, 1.54) is 56.7 Å². The van der Waals surface area contributed by atoms with Crippen molar-refractivity contribution < 1.29 is 9.16 Å². The van der Waals surface area contributed by atoms with Crippen molar-refractivity contribution in [2.45, 2.75) is 96.9 Å². The molecule has 0 aromatic carbocycles. The number of rotatable bonds is 11. The molecule has 1 aliphatic rings. The molecule has 0 aliphatic carbocycles. The van der Waals surface area contributed by atoms with Crippen LogP contribution in [0.5, 0.6) is 0 Å². The van der Waals surface area contributed by atoms with Crippen LogP contribution in [-0.4, -0.2) is 14.4 Å². The van der Waals surface area contributed by atoms with Gasteiger partial charge in [-0.05, 0) is 31.1 Å². The molecule has 0 aromatic rings. The van der Waals surface area contributed by atoms with Crippen molar-refractivity contribution in [2.24, 2.45) is 0 Å². The molecular weight excluding hydrogens is 264 g/mol. The highest BCUT2D eigenvalue weighted by Crippen LogP contribution is 2.33. The van der Waals surface area contributed by atoms with Crippen molar-refractivity contribution in [3.05, 3.63) is 12.0 Å². The molecular formula is C17H34O2Si. The number of hydrogen-bond donors (Lipinski definition) is 0. The fourth-order valence-electron chi connectivity index (χ4n) is 2.86. The van der Waals surface area contributed by atoms with E-state index >= 15 is 0 Å². The highest BCUT2D eigenvalue weighted by atomic mass is 28.4. The first-order chi connectivity index (χ1) is 9.65. The largest absolute Gasteiger partial charge is 0.519 e. The van der Waals surface area contributed by atoms with Gasteiger partial charge in [0.15, 0.2) is 0 Å². The van der Waals surface area contributed by atoms with E-state index in [0.717, 1.165) is 12.4 Å². The molecule has 0 fully saturated rings. The van der Waals surface area contributed by atoms with Gasteiger partial charge in [0.05, 0.1) is 0 Å². The predicted octanol–water partition coefficient (Wildman–Crippen LogP) is 6.00. The van der Waals surface area contributed by atoms with Crippen LogP contribution < -0.4 is 0 Å². The van der Waals surface area contributed by atoms with Crippen molar-refractivity contribution in [2.75, 3.05) is 0 Å². The van der Waals surface area contributed by atoms with Crippen LogP contribution in [-0.2, 0) is 9.16 Å². The molecule has 1 heterocycles. The zero-order valence-electron chi connectivity index (χ0n) is 14.0. The molecule has 0 N–H and O–H groups in total. The quantitative estimate of drug-likeness (QED) is 0.436. The summed E-state index contributed by atoms with van der Waals surface area (Å²) in [6.07, 6.45) is 11.2. The Kier molecular flexibility index (Phi) is 8.35. The highest BCUT2D eigenvalue weighted by molar-refractivity contribution is 6.74. The summed E-state index contributed by atoms with van der Waals surface area (Å²) in [5.41, 5.74) is 0. The second-order valence-corrected chi connectivity index (χ2v) is 10.4. The summed E-state index contributed by atoms with van der Waals surface area (Å²) in [4.78, 5) is 0. The third-order valence-electron chi connectivity index (χ3n) is 4.21. The standard InChI is InChI=1S/C17H34O2Si/c1-5-8-13-20(14-9-6-2,15-10-7-3)19-17-12-11-16(4)18-17/h12,16H,5-11,13-15H2,1-4H3. The summed E-state index contributed by atoms with van der Waals surface area (Å²) in [5.74, 6) is 0.854. The maximum atomic E-state index is 6.55. The minimum atomic E-state index is -1.65. The van der Waals surface area contributed by atoms with Gasteiger partial charge in [0.25, 0.3) is 14.3 Å². The molecule has 0 bridgehead atoms. The van der Waals surface area contributed by atoms with E-state index in [1.807, 2.05) is 0 Å². The molecule has 0 saturated carbocycles. The van der Waals surface area contributed by atoms with Crippen LogP contribution in [0, 0.1) is 0 Å². The van der Waals surface area contributed by atoms with Crippen LogP contribution in [0.25, 0.3) is 0 Å². The summed E-state index contributed by atoms with van der Waals surface area (Å²) in [7, 11) is -1.65. The Balaban J connectivity index is 2.70. The SMILES string of the molecule is CCCC[Si](CCCC)(CCCC)OC1=CCC(C)O1. The fraction of sp³-hybridized carbons (Fsp3) is 0.882. The molecule has 0 saturated heterocycles. The minimum Gasteiger partial charge on any atom is -0.519 e. The lowest BCUT2D eigenvalue weighted by Crippen LogP contribution is -2.38. The zero-order chi connectivity index (χ0) is 14.8. The molecule has 0 aromatic heterocycles. The Labute approximate surface area is 127 Å². The van der Waals surface area contributed by atoms with Gasteiger partial charge in [-0.1, -0.05) is 59.3 Å². The molecule has 0 radical (unpaired) electrons. The topological polar surface area (TPSA) is 18.5 Å². The summed E-state index contributed by atoms with van der Waals surface area (Å²) >= 11 is 0. The lowest BCUT2D eigenvalue weighted by molar-refractivity contribution is 0.0735. The van der Waals surface area contributed by atoms with Crippen LogP contribution in [0.15, 0.2) is 12.0 Å². The molecule has 0 spiro atoms. The first-order valence-electron chi connectivity index (χ1n) is 8.71. The Morgan fingerprint density at radius 2 is 1.55 bits per heavy atom. The molecule has 1 atom stereocenters. The summed E-state index contributed by atoms with van der Waals surface area (Å²) < 4.78 is 12.4. The van der Waals surface area contributed by atoms with E-state index < -0.39 is 8.32 Å². The molecule has 3 heteroatoms. The van der Waals surface area contributed by atoms with Gasteiger partial charge in [-0.3, -0.25) is 0 Å². The zero-order valence-corrected chi connectivity index (χ0v) is 15.0. The summed E-state index contributed by atoms with van der Waals surface area (Å²) in [5, 5.41) is 0. The van der Waals surface area contributed by atoms with E-state index in [2.05, 4.69) is 33.8 Å². The molecule has 1 unspecified atom stereocenters. The normalized spacial score (nSPS) is 18.8. The van der Waals surface area contributed by atoms with Gasteiger partial charge in [0, 0.05) is 6.42 Å². The third-order valence-corrected chi connectivity index (χ3v) is 8.64. The lowest BCUT2D eigenvalue weighted by atomic mass is 10.3. The van der Waals surface area contributed by atoms with Crippen molar-refractivity contribution in [1.29, 1.82) is 0 Å². The molecule has 0 amide bonds. The third kappa shape index (κ3) is 5.90. The predicted molar refractivity (Wildman–Crippen MR) is 89.2 cm³/mol. The smallest absolute Gasteiger partial charge is 0.261 e. The van der Waals surface area contributed by atoms with Crippen LogP contribution >= 0.6 is 0 Å². The second kappa shape index (κ2) is 9.49. The van der Waals surface area contributed by atoms with Crippen LogP contribution in [0.3, 0.4) is 0 Å². The van der Waals surface area contributed by atoms with Gasteiger partial charge in [-0.15, -0.1) is 0 Å². The van der Waals surface area contributed by atoms with E-state index in [4.69, 9.17) is 9.16 Å². The van der Waals surface area contributed by atoms with Gasteiger partial charge in [0.2, 0.25) is 0 Å². The first kappa shape index (κ1) is 17.6. The monoisotopic (exact) mass is 298 g/mol. The van der Waals surface area contributed by atoms with E-state index in [-0.39, 0.29) is 0 Å². The summed E-state index contributed by atoms with van der Waals surface area (Å²) in [6.45, 7) is 8.98. The van der Waals surface area contributed by atoms with Crippen molar-refractivity contribution in [3.8, 4) is 0 Å². The van der Waals surface area contributed by atoms with Gasteiger partial charge in [-0.25, -0.2) is 0 Å².